The second-order valence-electron chi connectivity index (χ2n) is 4.45. The summed E-state index contributed by atoms with van der Waals surface area (Å²) < 4.78 is 0. The fourth-order valence-electron chi connectivity index (χ4n) is 2.03. The van der Waals surface area contributed by atoms with Crippen LogP contribution < -0.4 is 0 Å². The molecule has 2 aromatic rings. The van der Waals surface area contributed by atoms with Crippen LogP contribution in [0.25, 0.3) is 0 Å². The van der Waals surface area contributed by atoms with E-state index in [1.807, 2.05) is 6.92 Å². The Morgan fingerprint density at radius 1 is 1.29 bits per heavy atom. The summed E-state index contributed by atoms with van der Waals surface area (Å²) in [5.41, 5.74) is 1.01. The fourth-order valence-corrected chi connectivity index (χ4v) is 2.03. The van der Waals surface area contributed by atoms with Crippen molar-refractivity contribution in [2.24, 2.45) is 0 Å². The van der Waals surface area contributed by atoms with Crippen LogP contribution in [-0.4, -0.2) is 27.3 Å². The lowest BCUT2D eigenvalue weighted by Crippen LogP contribution is -2.30. The van der Waals surface area contributed by atoms with Crippen molar-refractivity contribution in [3.8, 4) is 0 Å². The molecule has 0 radical (unpaired) electrons. The van der Waals surface area contributed by atoms with Crippen molar-refractivity contribution in [2.75, 3.05) is 6.54 Å². The number of pyridine rings is 1. The van der Waals surface area contributed by atoms with Gasteiger partial charge in [-0.05, 0) is 19.1 Å². The zero-order valence-electron chi connectivity index (χ0n) is 11.6. The average Bonchev–Trinajstić information content (AvgIpc) is 2.53. The maximum atomic E-state index is 12.4. The zero-order chi connectivity index (χ0) is 15.2. The topological polar surface area (TPSA) is 76.3 Å². The normalized spacial score (nSPS) is 10.1. The first-order chi connectivity index (χ1) is 10.1. The van der Waals surface area contributed by atoms with Gasteiger partial charge in [0.15, 0.2) is 0 Å². The van der Waals surface area contributed by atoms with Gasteiger partial charge in [0.25, 0.3) is 11.6 Å². The Hall–Kier alpha value is -2.76. The maximum Gasteiger partial charge on any atom is 0.274 e. The molecular weight excluding hydrogens is 270 g/mol. The SMILES string of the molecule is CCN(Cc1ccccc1[N+](=O)[O-])C(=O)c1cccnc1. The van der Waals surface area contributed by atoms with Crippen molar-refractivity contribution in [1.82, 2.24) is 9.88 Å². The van der Waals surface area contributed by atoms with Crippen molar-refractivity contribution in [3.05, 3.63) is 70.0 Å². The van der Waals surface area contributed by atoms with Gasteiger partial charge in [-0.1, -0.05) is 18.2 Å². The van der Waals surface area contributed by atoms with Crippen LogP contribution in [-0.2, 0) is 6.54 Å². The van der Waals surface area contributed by atoms with E-state index in [0.717, 1.165) is 0 Å². The third-order valence-electron chi connectivity index (χ3n) is 3.13. The molecule has 2 rings (SSSR count). The van der Waals surface area contributed by atoms with Crippen molar-refractivity contribution in [1.29, 1.82) is 0 Å². The number of nitro benzene ring substituents is 1. The highest BCUT2D eigenvalue weighted by Crippen LogP contribution is 2.20. The largest absolute Gasteiger partial charge is 0.334 e. The van der Waals surface area contributed by atoms with Gasteiger partial charge in [0, 0.05) is 30.6 Å². The van der Waals surface area contributed by atoms with E-state index in [1.54, 1.807) is 41.4 Å². The van der Waals surface area contributed by atoms with Crippen LogP contribution in [0.2, 0.25) is 0 Å². The lowest BCUT2D eigenvalue weighted by atomic mass is 10.1. The average molecular weight is 285 g/mol. The molecule has 0 atom stereocenters. The highest BCUT2D eigenvalue weighted by atomic mass is 16.6. The van der Waals surface area contributed by atoms with Gasteiger partial charge >= 0.3 is 0 Å². The Morgan fingerprint density at radius 3 is 2.67 bits per heavy atom. The van der Waals surface area contributed by atoms with Gasteiger partial charge < -0.3 is 4.90 Å². The summed E-state index contributed by atoms with van der Waals surface area (Å²) in [6, 6.07) is 9.81. The second kappa shape index (κ2) is 6.60. The number of hydrogen-bond donors (Lipinski definition) is 0. The minimum absolute atomic E-state index is 0.0231. The first-order valence-electron chi connectivity index (χ1n) is 6.55. The molecule has 0 unspecified atom stereocenters. The third-order valence-corrected chi connectivity index (χ3v) is 3.13. The minimum atomic E-state index is -0.433. The van der Waals surface area contributed by atoms with E-state index in [2.05, 4.69) is 4.98 Å². The molecule has 0 bridgehead atoms. The van der Waals surface area contributed by atoms with Gasteiger partial charge in [0.2, 0.25) is 0 Å². The Labute approximate surface area is 122 Å². The van der Waals surface area contributed by atoms with Gasteiger partial charge in [-0.3, -0.25) is 19.9 Å². The van der Waals surface area contributed by atoms with Crippen LogP contribution in [0.5, 0.6) is 0 Å². The number of nitro groups is 1. The number of aromatic nitrogens is 1. The summed E-state index contributed by atoms with van der Waals surface area (Å²) in [6.07, 6.45) is 3.08. The number of rotatable bonds is 5. The lowest BCUT2D eigenvalue weighted by molar-refractivity contribution is -0.385. The van der Waals surface area contributed by atoms with E-state index >= 15 is 0 Å². The van der Waals surface area contributed by atoms with Crippen LogP contribution in [0.3, 0.4) is 0 Å². The molecule has 6 nitrogen and oxygen atoms in total. The summed E-state index contributed by atoms with van der Waals surface area (Å²) in [7, 11) is 0. The molecule has 0 aliphatic heterocycles. The smallest absolute Gasteiger partial charge is 0.274 e. The molecule has 0 N–H and O–H groups in total. The quantitative estimate of drug-likeness (QED) is 0.625. The summed E-state index contributed by atoms with van der Waals surface area (Å²) in [5, 5.41) is 11.0. The molecule has 108 valence electrons. The first-order valence-corrected chi connectivity index (χ1v) is 6.55. The monoisotopic (exact) mass is 285 g/mol. The Morgan fingerprint density at radius 2 is 2.05 bits per heavy atom. The third kappa shape index (κ3) is 3.42. The van der Waals surface area contributed by atoms with Crippen molar-refractivity contribution in [3.63, 3.8) is 0 Å². The molecule has 0 spiro atoms. The van der Waals surface area contributed by atoms with E-state index in [4.69, 9.17) is 0 Å². The Bertz CT molecular complexity index is 644. The zero-order valence-corrected chi connectivity index (χ0v) is 11.6. The van der Waals surface area contributed by atoms with Crippen LogP contribution in [0, 0.1) is 10.1 Å². The number of hydrogen-bond acceptors (Lipinski definition) is 4. The molecule has 0 fully saturated rings. The highest BCUT2D eigenvalue weighted by Gasteiger charge is 2.19. The summed E-state index contributed by atoms with van der Waals surface area (Å²) in [6.45, 7) is 2.49. The Kier molecular flexibility index (Phi) is 4.61. The molecule has 1 aromatic carbocycles. The first kappa shape index (κ1) is 14.6. The molecule has 1 amide bonds. The maximum absolute atomic E-state index is 12.4. The van der Waals surface area contributed by atoms with E-state index in [9.17, 15) is 14.9 Å². The minimum Gasteiger partial charge on any atom is -0.334 e. The van der Waals surface area contributed by atoms with Crippen LogP contribution in [0.1, 0.15) is 22.8 Å². The summed E-state index contributed by atoms with van der Waals surface area (Å²) in [5.74, 6) is -0.191. The Balaban J connectivity index is 2.24. The molecule has 21 heavy (non-hydrogen) atoms. The van der Waals surface area contributed by atoms with Crippen molar-refractivity contribution < 1.29 is 9.72 Å². The summed E-state index contributed by atoms with van der Waals surface area (Å²) >= 11 is 0. The van der Waals surface area contributed by atoms with Crippen LogP contribution in [0.4, 0.5) is 5.69 Å². The fraction of sp³-hybridized carbons (Fsp3) is 0.200. The molecule has 0 saturated heterocycles. The predicted octanol–water partition coefficient (Wildman–Crippen LogP) is 2.65. The molecule has 6 heteroatoms. The molecule has 1 heterocycles. The molecule has 0 aliphatic carbocycles. The van der Waals surface area contributed by atoms with E-state index in [-0.39, 0.29) is 18.1 Å². The van der Waals surface area contributed by atoms with Gasteiger partial charge in [0.05, 0.1) is 17.0 Å². The molecular formula is C15H15N3O3. The molecule has 1 aromatic heterocycles. The van der Waals surface area contributed by atoms with E-state index < -0.39 is 4.92 Å². The number of carbonyl (C=O) groups is 1. The standard InChI is InChI=1S/C15H15N3O3/c1-2-17(15(19)12-7-5-9-16-10-12)11-13-6-3-4-8-14(13)18(20)21/h3-10H,2,11H2,1H3. The predicted molar refractivity (Wildman–Crippen MR) is 77.7 cm³/mol. The lowest BCUT2D eigenvalue weighted by Gasteiger charge is -2.20. The van der Waals surface area contributed by atoms with Gasteiger partial charge in [-0.15, -0.1) is 0 Å². The second-order valence-corrected chi connectivity index (χ2v) is 4.45. The van der Waals surface area contributed by atoms with Gasteiger partial charge in [-0.2, -0.15) is 0 Å². The van der Waals surface area contributed by atoms with Gasteiger partial charge in [-0.25, -0.2) is 0 Å². The van der Waals surface area contributed by atoms with E-state index in [0.29, 0.717) is 17.7 Å². The van der Waals surface area contributed by atoms with Gasteiger partial charge in [0.1, 0.15) is 0 Å². The molecule has 0 aliphatic rings. The summed E-state index contributed by atoms with van der Waals surface area (Å²) in [4.78, 5) is 28.4. The van der Waals surface area contributed by atoms with E-state index in [1.165, 1.54) is 12.3 Å². The number of nitrogens with zero attached hydrogens (tertiary/aromatic N) is 3. The van der Waals surface area contributed by atoms with Crippen LogP contribution >= 0.6 is 0 Å². The highest BCUT2D eigenvalue weighted by molar-refractivity contribution is 5.93. The number of amides is 1. The van der Waals surface area contributed by atoms with Crippen LogP contribution in [0.15, 0.2) is 48.8 Å². The number of para-hydroxylation sites is 1. The molecule has 0 saturated carbocycles. The van der Waals surface area contributed by atoms with Crippen molar-refractivity contribution >= 4 is 11.6 Å². The number of carbonyl (C=O) groups excluding carboxylic acids is 1. The van der Waals surface area contributed by atoms with Crippen molar-refractivity contribution in [2.45, 2.75) is 13.5 Å². The number of benzene rings is 1.